The molecule has 0 radical (unpaired) electrons. The third kappa shape index (κ3) is 7.07. The summed E-state index contributed by atoms with van der Waals surface area (Å²) in [5.74, 6) is -0.249. The van der Waals surface area contributed by atoms with Crippen LogP contribution < -0.4 is 5.32 Å². The van der Waals surface area contributed by atoms with E-state index in [1.807, 2.05) is 57.2 Å². The lowest BCUT2D eigenvalue weighted by Crippen LogP contribution is -2.35. The second-order valence-electron chi connectivity index (χ2n) is 8.70. The van der Waals surface area contributed by atoms with E-state index in [1.54, 1.807) is 32.2 Å². The summed E-state index contributed by atoms with van der Waals surface area (Å²) in [6.45, 7) is 7.88. The molecule has 0 aromatic heterocycles. The van der Waals surface area contributed by atoms with E-state index in [1.165, 1.54) is 12.1 Å². The van der Waals surface area contributed by atoms with Crippen LogP contribution >= 0.6 is 0 Å². The first-order chi connectivity index (χ1) is 16.6. The maximum Gasteiger partial charge on any atom is 0.299 e. The molecule has 0 spiro atoms. The zero-order valence-electron chi connectivity index (χ0n) is 20.6. The summed E-state index contributed by atoms with van der Waals surface area (Å²) in [6.07, 6.45) is 0. The van der Waals surface area contributed by atoms with Gasteiger partial charge in [-0.25, -0.2) is 0 Å². The first-order valence-electron chi connectivity index (χ1n) is 11.3. The van der Waals surface area contributed by atoms with Crippen molar-refractivity contribution in [3.8, 4) is 11.1 Å². The number of ether oxygens (including phenoxy) is 1. The second-order valence-corrected chi connectivity index (χ2v) is 10.3. The van der Waals surface area contributed by atoms with Gasteiger partial charge in [-0.1, -0.05) is 52.0 Å². The van der Waals surface area contributed by atoms with E-state index in [0.717, 1.165) is 22.3 Å². The van der Waals surface area contributed by atoms with Gasteiger partial charge < -0.3 is 10.1 Å². The summed E-state index contributed by atoms with van der Waals surface area (Å²) in [7, 11) is -2.35. The van der Waals surface area contributed by atoms with Gasteiger partial charge in [0.05, 0.1) is 17.5 Å². The van der Waals surface area contributed by atoms with Gasteiger partial charge in [0.1, 0.15) is 0 Å². The zero-order valence-corrected chi connectivity index (χ0v) is 21.5. The van der Waals surface area contributed by atoms with Crippen LogP contribution in [0.3, 0.4) is 0 Å². The number of sulfonamides is 1. The summed E-state index contributed by atoms with van der Waals surface area (Å²) in [5.41, 5.74) is 4.97. The molecule has 0 aliphatic heterocycles. The molecule has 3 aromatic rings. The van der Waals surface area contributed by atoms with Crippen LogP contribution in [0.15, 0.2) is 81.3 Å². The number of methoxy groups -OCH3 is 1. The highest BCUT2D eigenvalue weighted by Gasteiger charge is 2.17. The maximum absolute atomic E-state index is 13.0. The molecule has 3 rings (SSSR count). The predicted molar refractivity (Wildman–Crippen MR) is 137 cm³/mol. The van der Waals surface area contributed by atoms with E-state index in [2.05, 4.69) is 15.0 Å². The van der Waals surface area contributed by atoms with Crippen LogP contribution in [0.2, 0.25) is 0 Å². The van der Waals surface area contributed by atoms with E-state index in [-0.39, 0.29) is 16.8 Å². The number of rotatable bonds is 9. The van der Waals surface area contributed by atoms with Gasteiger partial charge in [0.25, 0.3) is 15.9 Å². The third-order valence-electron chi connectivity index (χ3n) is 5.53. The average Bonchev–Trinajstić information content (AvgIpc) is 2.83. The first kappa shape index (κ1) is 26.2. The number of carbonyl (C=O) groups is 1. The second kappa shape index (κ2) is 11.4. The van der Waals surface area contributed by atoms with Gasteiger partial charge in [-0.05, 0) is 74.7 Å². The molecule has 0 heterocycles. The molecule has 3 aromatic carbocycles. The molecule has 0 aliphatic rings. The Morgan fingerprint density at radius 2 is 1.51 bits per heavy atom. The molecule has 0 bridgehead atoms. The Labute approximate surface area is 207 Å². The zero-order chi connectivity index (χ0) is 25.6. The quantitative estimate of drug-likeness (QED) is 0.390. The van der Waals surface area contributed by atoms with Crippen LogP contribution in [-0.4, -0.2) is 34.1 Å². The normalized spacial score (nSPS) is 13.5. The van der Waals surface area contributed by atoms with E-state index in [9.17, 15) is 13.2 Å². The van der Waals surface area contributed by atoms with Crippen LogP contribution in [0.25, 0.3) is 11.1 Å². The van der Waals surface area contributed by atoms with Gasteiger partial charge in [-0.3, -0.25) is 4.79 Å². The van der Waals surface area contributed by atoms with Crippen molar-refractivity contribution in [2.75, 3.05) is 13.7 Å². The standard InChI is InChI=1S/C27H31N3O4S/c1-18-6-10-22(11-7-18)24-14-23(15-25(16-24)27(31)28-20(3)17-34-5)21(4)29-30-35(32,33)26-12-8-19(2)9-13-26/h6-16,20-21H,17H2,1-5H3,(H,28,31). The summed E-state index contributed by atoms with van der Waals surface area (Å²) < 4.78 is 34.0. The number of nitrogens with zero attached hydrogens (tertiary/aromatic N) is 2. The maximum atomic E-state index is 13.0. The molecule has 1 amide bonds. The summed E-state index contributed by atoms with van der Waals surface area (Å²) in [5, 5.41) is 7.01. The van der Waals surface area contributed by atoms with Crippen molar-refractivity contribution < 1.29 is 17.9 Å². The van der Waals surface area contributed by atoms with Crippen molar-refractivity contribution in [3.63, 3.8) is 0 Å². The fourth-order valence-corrected chi connectivity index (χ4v) is 4.33. The lowest BCUT2D eigenvalue weighted by atomic mass is 9.96. The Morgan fingerprint density at radius 1 is 0.914 bits per heavy atom. The molecular weight excluding hydrogens is 462 g/mol. The van der Waals surface area contributed by atoms with Crippen LogP contribution in [0.1, 0.15) is 46.9 Å². The molecule has 2 atom stereocenters. The fourth-order valence-electron chi connectivity index (χ4n) is 3.49. The summed E-state index contributed by atoms with van der Waals surface area (Å²) >= 11 is 0. The number of nitrogens with one attached hydrogen (secondary N) is 1. The first-order valence-corrected chi connectivity index (χ1v) is 12.8. The number of carbonyl (C=O) groups excluding carboxylic acids is 1. The minimum atomic E-state index is -3.93. The Hall–Kier alpha value is -3.36. The van der Waals surface area contributed by atoms with Gasteiger partial charge in [0, 0.05) is 18.7 Å². The topological polar surface area (TPSA) is 97.2 Å². The predicted octanol–water partition coefficient (Wildman–Crippen LogP) is 5.64. The molecule has 0 saturated carbocycles. The van der Waals surface area contributed by atoms with Gasteiger partial charge >= 0.3 is 0 Å². The smallest absolute Gasteiger partial charge is 0.299 e. The van der Waals surface area contributed by atoms with Gasteiger partial charge in [-0.2, -0.15) is 13.5 Å². The highest BCUT2D eigenvalue weighted by molar-refractivity contribution is 7.90. The van der Waals surface area contributed by atoms with Crippen molar-refractivity contribution in [2.24, 2.45) is 9.63 Å². The molecule has 7 nitrogen and oxygen atoms in total. The minimum Gasteiger partial charge on any atom is -0.383 e. The molecular formula is C27H31N3O4S. The van der Waals surface area contributed by atoms with Gasteiger partial charge in [0.2, 0.25) is 0 Å². The van der Waals surface area contributed by atoms with Crippen molar-refractivity contribution in [1.82, 2.24) is 5.32 Å². The molecule has 1 N–H and O–H groups in total. The number of amides is 1. The summed E-state index contributed by atoms with van der Waals surface area (Å²) in [4.78, 5) is 13.0. The monoisotopic (exact) mass is 493 g/mol. The molecule has 35 heavy (non-hydrogen) atoms. The minimum absolute atomic E-state index is 0.0830. The van der Waals surface area contributed by atoms with Crippen molar-refractivity contribution in [1.29, 1.82) is 0 Å². The molecule has 0 saturated heterocycles. The van der Waals surface area contributed by atoms with Crippen molar-refractivity contribution in [2.45, 2.75) is 44.7 Å². The molecule has 184 valence electrons. The number of hydrogen-bond acceptors (Lipinski definition) is 5. The molecule has 0 fully saturated rings. The highest BCUT2D eigenvalue weighted by Crippen LogP contribution is 2.28. The molecule has 0 aliphatic carbocycles. The van der Waals surface area contributed by atoms with E-state index in [0.29, 0.717) is 17.7 Å². The lowest BCUT2D eigenvalue weighted by Gasteiger charge is -2.16. The SMILES string of the molecule is COCC(C)NC(=O)c1cc(-c2ccc(C)cc2)cc(C(C)N=NS(=O)(=O)c2ccc(C)cc2)c1. The Kier molecular flexibility index (Phi) is 8.53. The van der Waals surface area contributed by atoms with Gasteiger partial charge in [0.15, 0.2) is 0 Å². The van der Waals surface area contributed by atoms with Crippen LogP contribution in [0.4, 0.5) is 0 Å². The summed E-state index contributed by atoms with van der Waals surface area (Å²) in [6, 6.07) is 19.1. The van der Waals surface area contributed by atoms with Gasteiger partial charge in [-0.15, -0.1) is 0 Å². The number of aryl methyl sites for hydroxylation is 2. The number of hydrogen-bond donors (Lipinski definition) is 1. The van der Waals surface area contributed by atoms with Crippen molar-refractivity contribution in [3.05, 3.63) is 89.0 Å². The molecule has 2 unspecified atom stereocenters. The van der Waals surface area contributed by atoms with Crippen LogP contribution in [0.5, 0.6) is 0 Å². The number of benzene rings is 3. The third-order valence-corrected chi connectivity index (χ3v) is 6.70. The van der Waals surface area contributed by atoms with Crippen LogP contribution in [0, 0.1) is 13.8 Å². The van der Waals surface area contributed by atoms with Crippen molar-refractivity contribution >= 4 is 15.9 Å². The Bertz CT molecular complexity index is 1300. The average molecular weight is 494 g/mol. The Morgan fingerprint density at radius 3 is 2.11 bits per heavy atom. The van der Waals surface area contributed by atoms with E-state index in [4.69, 9.17) is 4.74 Å². The van der Waals surface area contributed by atoms with E-state index >= 15 is 0 Å². The Balaban J connectivity index is 1.96. The fraction of sp³-hybridized carbons (Fsp3) is 0.296. The largest absolute Gasteiger partial charge is 0.383 e. The van der Waals surface area contributed by atoms with E-state index < -0.39 is 16.1 Å². The molecule has 8 heteroatoms. The lowest BCUT2D eigenvalue weighted by molar-refractivity contribution is 0.0905. The highest BCUT2D eigenvalue weighted by atomic mass is 32.2. The van der Waals surface area contributed by atoms with Crippen LogP contribution in [-0.2, 0) is 14.8 Å².